The monoisotopic (exact) mass is 414 g/mol. The molecule has 8 heteroatoms. The van der Waals surface area contributed by atoms with Gasteiger partial charge in [0.1, 0.15) is 29.0 Å². The van der Waals surface area contributed by atoms with Crippen molar-refractivity contribution in [3.05, 3.63) is 77.8 Å². The SMILES string of the molecule is N#CC(=Cc1ccc(-c2ccc(F)cc2)o1)C(=O)Nc1ccc(SC(F)F)cc1. The summed E-state index contributed by atoms with van der Waals surface area (Å²) in [6.45, 7) is 0. The molecule has 0 aliphatic heterocycles. The zero-order valence-electron chi connectivity index (χ0n) is 14.7. The van der Waals surface area contributed by atoms with Crippen molar-refractivity contribution in [3.8, 4) is 17.4 Å². The third-order valence-corrected chi connectivity index (χ3v) is 4.47. The van der Waals surface area contributed by atoms with Crippen molar-refractivity contribution < 1.29 is 22.4 Å². The highest BCUT2D eigenvalue weighted by Crippen LogP contribution is 2.27. The highest BCUT2D eigenvalue weighted by Gasteiger charge is 2.12. The maximum absolute atomic E-state index is 13.0. The van der Waals surface area contributed by atoms with Crippen molar-refractivity contribution in [2.45, 2.75) is 10.7 Å². The fourth-order valence-corrected chi connectivity index (χ4v) is 2.91. The van der Waals surface area contributed by atoms with Gasteiger partial charge in [-0.05, 0) is 60.7 Å². The number of nitrogens with zero attached hydrogens (tertiary/aromatic N) is 1. The van der Waals surface area contributed by atoms with Crippen LogP contribution in [0.25, 0.3) is 17.4 Å². The second-order valence-electron chi connectivity index (χ2n) is 5.74. The van der Waals surface area contributed by atoms with Crippen molar-refractivity contribution >= 4 is 29.4 Å². The summed E-state index contributed by atoms with van der Waals surface area (Å²) in [5.41, 5.74) is 0.813. The minimum Gasteiger partial charge on any atom is -0.457 e. The van der Waals surface area contributed by atoms with Crippen molar-refractivity contribution in [2.75, 3.05) is 5.32 Å². The molecule has 2 aromatic carbocycles. The van der Waals surface area contributed by atoms with Crippen LogP contribution in [0.1, 0.15) is 5.76 Å². The Bertz CT molecular complexity index is 1070. The Morgan fingerprint density at radius 3 is 2.38 bits per heavy atom. The van der Waals surface area contributed by atoms with Gasteiger partial charge in [-0.1, -0.05) is 11.8 Å². The van der Waals surface area contributed by atoms with Crippen molar-refractivity contribution in [1.82, 2.24) is 0 Å². The Balaban J connectivity index is 1.72. The predicted octanol–water partition coefficient (Wildman–Crippen LogP) is 5.95. The van der Waals surface area contributed by atoms with E-state index >= 15 is 0 Å². The topological polar surface area (TPSA) is 66.0 Å². The van der Waals surface area contributed by atoms with Gasteiger partial charge in [0.15, 0.2) is 0 Å². The minimum atomic E-state index is -2.53. The van der Waals surface area contributed by atoms with E-state index in [0.29, 0.717) is 33.7 Å². The predicted molar refractivity (Wildman–Crippen MR) is 105 cm³/mol. The molecule has 0 fully saturated rings. The number of benzene rings is 2. The van der Waals surface area contributed by atoms with Gasteiger partial charge in [0.05, 0.1) is 0 Å². The first-order valence-electron chi connectivity index (χ1n) is 8.28. The standard InChI is InChI=1S/C21H13F3N2O2S/c22-15-3-1-13(2-4-15)19-10-7-17(28-19)11-14(12-25)20(27)26-16-5-8-18(9-6-16)29-21(23)24/h1-11,21H,(H,26,27). The van der Waals surface area contributed by atoms with Crippen molar-refractivity contribution in [1.29, 1.82) is 5.26 Å². The number of carbonyl (C=O) groups excluding carboxylic acids is 1. The summed E-state index contributed by atoms with van der Waals surface area (Å²) in [7, 11) is 0. The number of hydrogen-bond donors (Lipinski definition) is 1. The van der Waals surface area contributed by atoms with Gasteiger partial charge in [0, 0.05) is 22.2 Å². The van der Waals surface area contributed by atoms with E-state index in [2.05, 4.69) is 5.32 Å². The lowest BCUT2D eigenvalue weighted by Crippen LogP contribution is -2.13. The summed E-state index contributed by atoms with van der Waals surface area (Å²) in [6.07, 6.45) is 1.28. The van der Waals surface area contributed by atoms with Gasteiger partial charge in [-0.15, -0.1) is 0 Å². The van der Waals surface area contributed by atoms with Gasteiger partial charge in [-0.3, -0.25) is 4.79 Å². The number of rotatable bonds is 6. The molecule has 0 aliphatic carbocycles. The average Bonchev–Trinajstić information content (AvgIpc) is 3.16. The smallest absolute Gasteiger partial charge is 0.288 e. The quantitative estimate of drug-likeness (QED) is 0.308. The van der Waals surface area contributed by atoms with E-state index in [4.69, 9.17) is 4.42 Å². The highest BCUT2D eigenvalue weighted by atomic mass is 32.2. The lowest BCUT2D eigenvalue weighted by Gasteiger charge is -2.05. The second kappa shape index (κ2) is 9.17. The first-order valence-corrected chi connectivity index (χ1v) is 9.16. The number of carbonyl (C=O) groups is 1. The maximum atomic E-state index is 13.0. The Labute approximate surface area is 168 Å². The average molecular weight is 414 g/mol. The van der Waals surface area contributed by atoms with Crippen LogP contribution < -0.4 is 5.32 Å². The van der Waals surface area contributed by atoms with E-state index in [-0.39, 0.29) is 17.2 Å². The molecule has 0 radical (unpaired) electrons. The summed E-state index contributed by atoms with van der Waals surface area (Å²) in [5.74, 6) is -2.83. The molecule has 29 heavy (non-hydrogen) atoms. The number of hydrogen-bond acceptors (Lipinski definition) is 4. The van der Waals surface area contributed by atoms with Crippen LogP contribution in [-0.4, -0.2) is 11.7 Å². The Morgan fingerprint density at radius 2 is 1.76 bits per heavy atom. The van der Waals surface area contributed by atoms with Gasteiger partial charge in [0.2, 0.25) is 0 Å². The van der Waals surface area contributed by atoms with Crippen LogP contribution in [0.15, 0.2) is 75.5 Å². The number of halogens is 3. The van der Waals surface area contributed by atoms with Crippen molar-refractivity contribution in [3.63, 3.8) is 0 Å². The van der Waals surface area contributed by atoms with E-state index in [9.17, 15) is 23.2 Å². The molecule has 4 nitrogen and oxygen atoms in total. The summed E-state index contributed by atoms with van der Waals surface area (Å²) >= 11 is 0.397. The molecule has 0 unspecified atom stereocenters. The number of anilines is 1. The number of nitrogens with one attached hydrogen (secondary N) is 1. The molecule has 1 N–H and O–H groups in total. The van der Waals surface area contributed by atoms with E-state index < -0.39 is 11.7 Å². The summed E-state index contributed by atoms with van der Waals surface area (Å²) in [5, 5.41) is 11.8. The molecule has 0 atom stereocenters. The molecule has 1 amide bonds. The third-order valence-electron chi connectivity index (χ3n) is 3.74. The second-order valence-corrected chi connectivity index (χ2v) is 6.80. The van der Waals surface area contributed by atoms with Crippen LogP contribution in [0.3, 0.4) is 0 Å². The van der Waals surface area contributed by atoms with Crippen LogP contribution in [0, 0.1) is 17.1 Å². The molecule has 3 rings (SSSR count). The normalized spacial score (nSPS) is 11.3. The molecule has 0 saturated heterocycles. The molecule has 0 aliphatic rings. The number of furan rings is 1. The first kappa shape index (κ1) is 20.3. The van der Waals surface area contributed by atoms with E-state index in [1.807, 2.05) is 0 Å². The summed E-state index contributed by atoms with van der Waals surface area (Å²) in [6, 6.07) is 16.6. The molecular formula is C21H13F3N2O2S. The zero-order valence-corrected chi connectivity index (χ0v) is 15.6. The van der Waals surface area contributed by atoms with Gasteiger partial charge >= 0.3 is 0 Å². The maximum Gasteiger partial charge on any atom is 0.288 e. The first-order chi connectivity index (χ1) is 13.9. The van der Waals surface area contributed by atoms with E-state index in [1.165, 1.54) is 42.5 Å². The van der Waals surface area contributed by atoms with Gasteiger partial charge < -0.3 is 9.73 Å². The van der Waals surface area contributed by atoms with Crippen LogP contribution in [0.2, 0.25) is 0 Å². The summed E-state index contributed by atoms with van der Waals surface area (Å²) < 4.78 is 43.3. The molecule has 0 spiro atoms. The van der Waals surface area contributed by atoms with E-state index in [1.54, 1.807) is 30.3 Å². The third kappa shape index (κ3) is 5.53. The Morgan fingerprint density at radius 1 is 1.07 bits per heavy atom. The molecule has 1 aromatic heterocycles. The van der Waals surface area contributed by atoms with Gasteiger partial charge in [0.25, 0.3) is 11.7 Å². The van der Waals surface area contributed by atoms with Crippen LogP contribution >= 0.6 is 11.8 Å². The number of thioether (sulfide) groups is 1. The lowest BCUT2D eigenvalue weighted by atomic mass is 10.2. The van der Waals surface area contributed by atoms with Crippen molar-refractivity contribution in [2.24, 2.45) is 0 Å². The van der Waals surface area contributed by atoms with E-state index in [0.717, 1.165) is 0 Å². The molecule has 3 aromatic rings. The Hall–Kier alpha value is -3.44. The number of amides is 1. The number of alkyl halides is 2. The lowest BCUT2D eigenvalue weighted by molar-refractivity contribution is -0.112. The van der Waals surface area contributed by atoms with Gasteiger partial charge in [-0.25, -0.2) is 4.39 Å². The molecular weight excluding hydrogens is 401 g/mol. The molecule has 1 heterocycles. The summed E-state index contributed by atoms with van der Waals surface area (Å²) in [4.78, 5) is 12.7. The largest absolute Gasteiger partial charge is 0.457 e. The highest BCUT2D eigenvalue weighted by molar-refractivity contribution is 7.99. The Kier molecular flexibility index (Phi) is 6.42. The molecule has 0 bridgehead atoms. The van der Waals surface area contributed by atoms with Gasteiger partial charge in [-0.2, -0.15) is 14.0 Å². The van der Waals surface area contributed by atoms with Crippen LogP contribution in [0.4, 0.5) is 18.9 Å². The van der Waals surface area contributed by atoms with Crippen LogP contribution in [-0.2, 0) is 4.79 Å². The fourth-order valence-electron chi connectivity index (χ4n) is 2.41. The fraction of sp³-hybridized carbons (Fsp3) is 0.0476. The molecule has 146 valence electrons. The van der Waals surface area contributed by atoms with Crippen LogP contribution in [0.5, 0.6) is 0 Å². The minimum absolute atomic E-state index is 0.198. The zero-order chi connectivity index (χ0) is 20.8. The number of nitriles is 1. The molecule has 0 saturated carbocycles.